The highest BCUT2D eigenvalue weighted by molar-refractivity contribution is 7.12. The second-order valence-corrected chi connectivity index (χ2v) is 6.55. The molecule has 4 rings (SSSR count). The smallest absolute Gasteiger partial charge is 0.292 e. The fourth-order valence-corrected chi connectivity index (χ4v) is 3.19. The van der Waals surface area contributed by atoms with E-state index in [1.807, 2.05) is 0 Å². The minimum Gasteiger partial charge on any atom is -0.292 e. The molecule has 1 aliphatic carbocycles. The number of thiophene rings is 1. The molecule has 1 fully saturated rings. The zero-order valence-electron chi connectivity index (χ0n) is 11.6. The normalized spacial score (nSPS) is 15.4. The fourth-order valence-electron chi connectivity index (χ4n) is 2.32. The molecule has 1 aliphatic rings. The van der Waals surface area contributed by atoms with E-state index in [9.17, 15) is 18.0 Å². The van der Waals surface area contributed by atoms with Gasteiger partial charge in [-0.3, -0.25) is 9.36 Å². The average molecular weight is 341 g/mol. The van der Waals surface area contributed by atoms with E-state index in [4.69, 9.17) is 0 Å². The maximum absolute atomic E-state index is 12.6. The topological polar surface area (TPSA) is 65.6 Å². The van der Waals surface area contributed by atoms with Crippen LogP contribution in [0.2, 0.25) is 0 Å². The molecule has 0 bridgehead atoms. The monoisotopic (exact) mass is 341 g/mol. The molecule has 0 amide bonds. The zero-order valence-corrected chi connectivity index (χ0v) is 12.4. The highest BCUT2D eigenvalue weighted by Gasteiger charge is 2.32. The Bertz CT molecular complexity index is 937. The van der Waals surface area contributed by atoms with Gasteiger partial charge in [-0.2, -0.15) is 13.2 Å². The Morgan fingerprint density at radius 2 is 2.09 bits per heavy atom. The van der Waals surface area contributed by atoms with Crippen LogP contribution in [0.1, 0.15) is 28.6 Å². The highest BCUT2D eigenvalue weighted by atomic mass is 32.1. The molecule has 0 N–H and O–H groups in total. The van der Waals surface area contributed by atoms with Crippen LogP contribution in [0.5, 0.6) is 0 Å². The van der Waals surface area contributed by atoms with Crippen LogP contribution >= 0.6 is 11.3 Å². The van der Waals surface area contributed by atoms with Gasteiger partial charge in [0.15, 0.2) is 11.2 Å². The van der Waals surface area contributed by atoms with E-state index in [0.717, 1.165) is 18.9 Å². The first-order chi connectivity index (χ1) is 10.9. The van der Waals surface area contributed by atoms with Crippen molar-refractivity contribution < 1.29 is 13.2 Å². The molecule has 23 heavy (non-hydrogen) atoms. The molecule has 10 heteroatoms. The third-order valence-electron chi connectivity index (χ3n) is 3.61. The molecule has 120 valence electrons. The molecule has 0 aliphatic heterocycles. The quantitative estimate of drug-likeness (QED) is 0.734. The van der Waals surface area contributed by atoms with E-state index in [0.29, 0.717) is 21.9 Å². The standard InChI is InChI=1S/C13H10F3N5OS/c14-13(15,16)9-4-3-8(23-9)5-20-6-17-11-10(12(20)22)18-19-21(11)7-1-2-7/h3-4,6-7H,1-2,5H2. The predicted octanol–water partition coefficient (Wildman–Crippen LogP) is 2.45. The third kappa shape index (κ3) is 2.52. The summed E-state index contributed by atoms with van der Waals surface area (Å²) in [5, 5.41) is 7.81. The fraction of sp³-hybridized carbons (Fsp3) is 0.385. The molecule has 3 aromatic heterocycles. The van der Waals surface area contributed by atoms with E-state index >= 15 is 0 Å². The van der Waals surface area contributed by atoms with Crippen LogP contribution < -0.4 is 5.56 Å². The molecule has 0 radical (unpaired) electrons. The first-order valence-corrected chi connectivity index (χ1v) is 7.71. The van der Waals surface area contributed by atoms with E-state index in [2.05, 4.69) is 15.3 Å². The maximum Gasteiger partial charge on any atom is 0.425 e. The van der Waals surface area contributed by atoms with Crippen LogP contribution in [0.4, 0.5) is 13.2 Å². The van der Waals surface area contributed by atoms with Crippen LogP contribution in [0.15, 0.2) is 23.3 Å². The molecule has 0 atom stereocenters. The van der Waals surface area contributed by atoms with Crippen molar-refractivity contribution in [2.24, 2.45) is 0 Å². The summed E-state index contributed by atoms with van der Waals surface area (Å²) in [6, 6.07) is 2.63. The summed E-state index contributed by atoms with van der Waals surface area (Å²) in [4.78, 5) is 16.3. The second-order valence-electron chi connectivity index (χ2n) is 5.38. The lowest BCUT2D eigenvalue weighted by atomic mass is 10.4. The van der Waals surface area contributed by atoms with E-state index in [1.54, 1.807) is 4.68 Å². The van der Waals surface area contributed by atoms with Crippen molar-refractivity contribution in [3.63, 3.8) is 0 Å². The van der Waals surface area contributed by atoms with Crippen molar-refractivity contribution in [1.29, 1.82) is 0 Å². The van der Waals surface area contributed by atoms with E-state index in [-0.39, 0.29) is 18.1 Å². The number of rotatable bonds is 3. The molecular weight excluding hydrogens is 331 g/mol. The number of nitrogens with zero attached hydrogens (tertiary/aromatic N) is 5. The highest BCUT2D eigenvalue weighted by Crippen LogP contribution is 2.36. The van der Waals surface area contributed by atoms with Gasteiger partial charge in [0.1, 0.15) is 11.2 Å². The lowest BCUT2D eigenvalue weighted by molar-refractivity contribution is -0.134. The number of fused-ring (bicyclic) bond motifs is 1. The summed E-state index contributed by atoms with van der Waals surface area (Å²) < 4.78 is 40.7. The summed E-state index contributed by atoms with van der Waals surface area (Å²) >= 11 is 0.615. The van der Waals surface area contributed by atoms with Crippen LogP contribution in [0.25, 0.3) is 11.2 Å². The SMILES string of the molecule is O=c1c2nnn(C3CC3)c2ncn1Cc1ccc(C(F)(F)F)s1. The molecule has 0 saturated heterocycles. The van der Waals surface area contributed by atoms with Gasteiger partial charge < -0.3 is 0 Å². The van der Waals surface area contributed by atoms with Crippen LogP contribution in [0.3, 0.4) is 0 Å². The lowest BCUT2D eigenvalue weighted by Gasteiger charge is -2.04. The minimum atomic E-state index is -4.37. The van der Waals surface area contributed by atoms with E-state index < -0.39 is 16.6 Å². The van der Waals surface area contributed by atoms with Crippen molar-refractivity contribution in [1.82, 2.24) is 24.5 Å². The number of halogens is 3. The number of alkyl halides is 3. The van der Waals surface area contributed by atoms with Crippen molar-refractivity contribution >= 4 is 22.5 Å². The van der Waals surface area contributed by atoms with Gasteiger partial charge in [-0.1, -0.05) is 5.21 Å². The third-order valence-corrected chi connectivity index (χ3v) is 4.73. The molecule has 0 unspecified atom stereocenters. The number of aromatic nitrogens is 5. The van der Waals surface area contributed by atoms with Gasteiger partial charge in [-0.25, -0.2) is 9.67 Å². The van der Waals surface area contributed by atoms with Gasteiger partial charge >= 0.3 is 6.18 Å². The largest absolute Gasteiger partial charge is 0.425 e. The minimum absolute atomic E-state index is 0.0266. The summed E-state index contributed by atoms with van der Waals surface area (Å²) in [5.74, 6) is 0. The summed E-state index contributed by atoms with van der Waals surface area (Å²) in [7, 11) is 0. The van der Waals surface area contributed by atoms with Gasteiger partial charge in [-0.05, 0) is 25.0 Å². The Balaban J connectivity index is 1.68. The van der Waals surface area contributed by atoms with Gasteiger partial charge in [0.2, 0.25) is 0 Å². The van der Waals surface area contributed by atoms with E-state index in [1.165, 1.54) is 17.0 Å². The summed E-state index contributed by atoms with van der Waals surface area (Å²) in [6.07, 6.45) is -1.07. The Morgan fingerprint density at radius 1 is 1.30 bits per heavy atom. The molecule has 3 heterocycles. The lowest BCUT2D eigenvalue weighted by Crippen LogP contribution is -2.21. The molecule has 1 saturated carbocycles. The summed E-state index contributed by atoms with van der Waals surface area (Å²) in [5.41, 5.74) is 0.173. The first kappa shape index (κ1) is 14.4. The van der Waals surface area contributed by atoms with Gasteiger partial charge in [-0.15, -0.1) is 16.4 Å². The number of hydrogen-bond donors (Lipinski definition) is 0. The van der Waals surface area contributed by atoms with Gasteiger partial charge in [0.05, 0.1) is 12.6 Å². The van der Waals surface area contributed by atoms with Crippen LogP contribution in [-0.2, 0) is 12.7 Å². The molecule has 3 aromatic rings. The van der Waals surface area contributed by atoms with Crippen molar-refractivity contribution in [3.8, 4) is 0 Å². The maximum atomic E-state index is 12.6. The molecule has 6 nitrogen and oxygen atoms in total. The Morgan fingerprint density at radius 3 is 2.74 bits per heavy atom. The van der Waals surface area contributed by atoms with Crippen LogP contribution in [-0.4, -0.2) is 24.5 Å². The summed E-state index contributed by atoms with van der Waals surface area (Å²) in [6.45, 7) is 0.0266. The molecule has 0 spiro atoms. The molecular formula is C13H10F3N5OS. The Hall–Kier alpha value is -2.23. The van der Waals surface area contributed by atoms with Crippen molar-refractivity contribution in [2.75, 3.05) is 0 Å². The average Bonchev–Trinajstić information content (AvgIpc) is 3.05. The zero-order chi connectivity index (χ0) is 16.2. The number of hydrogen-bond acceptors (Lipinski definition) is 5. The van der Waals surface area contributed by atoms with Gasteiger partial charge in [0, 0.05) is 4.88 Å². The Kier molecular flexibility index (Phi) is 3.05. The van der Waals surface area contributed by atoms with Crippen molar-refractivity contribution in [2.45, 2.75) is 31.6 Å². The van der Waals surface area contributed by atoms with Crippen molar-refractivity contribution in [3.05, 3.63) is 38.6 Å². The Labute approximate surface area is 131 Å². The molecule has 0 aromatic carbocycles. The van der Waals surface area contributed by atoms with Crippen LogP contribution in [0, 0.1) is 0 Å². The predicted molar refractivity (Wildman–Crippen MR) is 76.3 cm³/mol. The first-order valence-electron chi connectivity index (χ1n) is 6.90. The van der Waals surface area contributed by atoms with Gasteiger partial charge in [0.25, 0.3) is 5.56 Å². The second kappa shape index (κ2) is 4.88.